The van der Waals surface area contributed by atoms with Gasteiger partial charge in [0, 0.05) is 19.8 Å². The van der Waals surface area contributed by atoms with E-state index in [0.29, 0.717) is 0 Å². The highest BCUT2D eigenvalue weighted by Gasteiger charge is 3.06. The average Bonchev–Trinajstić information content (AvgIpc) is 3.46. The fraction of sp³-hybridized carbons (Fsp3) is 0.792. The van der Waals surface area contributed by atoms with Crippen LogP contribution in [0.2, 0.25) is 0 Å². The van der Waals surface area contributed by atoms with E-state index in [9.17, 15) is 34.2 Å². The normalized spacial score (nSPS) is 52.6. The van der Waals surface area contributed by atoms with E-state index in [2.05, 4.69) is 0 Å². The number of esters is 5. The van der Waals surface area contributed by atoms with Crippen molar-refractivity contribution >= 4 is 29.8 Å². The average molecular weight is 524 g/mol. The summed E-state index contributed by atoms with van der Waals surface area (Å²) in [6.07, 6.45) is -9.60. The Balaban J connectivity index is 1.76. The van der Waals surface area contributed by atoms with Crippen LogP contribution in [-0.2, 0) is 52.4 Å². The van der Waals surface area contributed by atoms with Crippen molar-refractivity contribution < 1.29 is 62.6 Å². The number of carbonyl (C=O) groups is 5. The maximum Gasteiger partial charge on any atom is 0.343 e. The summed E-state index contributed by atoms with van der Waals surface area (Å²) in [6.45, 7) is 8.86. The molecule has 0 aromatic carbocycles. The predicted molar refractivity (Wildman–Crippen MR) is 112 cm³/mol. The summed E-state index contributed by atoms with van der Waals surface area (Å²) in [7, 11) is 0. The lowest BCUT2D eigenvalue weighted by atomic mass is 9.51. The van der Waals surface area contributed by atoms with Crippen molar-refractivity contribution in [1.82, 2.24) is 0 Å². The molecule has 0 aromatic heterocycles. The number of carbonyl (C=O) groups excluding carboxylic acids is 5. The Kier molecular flexibility index (Phi) is 4.39. The van der Waals surface area contributed by atoms with E-state index in [1.165, 1.54) is 6.92 Å². The molecule has 0 amide bonds. The minimum absolute atomic E-state index is 0.737. The van der Waals surface area contributed by atoms with E-state index in [1.807, 2.05) is 0 Å². The molecule has 4 saturated heterocycles. The van der Waals surface area contributed by atoms with Crippen LogP contribution in [0.5, 0.6) is 0 Å². The van der Waals surface area contributed by atoms with Gasteiger partial charge < -0.3 is 38.6 Å². The van der Waals surface area contributed by atoms with Gasteiger partial charge in [-0.05, 0) is 12.3 Å². The van der Waals surface area contributed by atoms with Crippen molar-refractivity contribution in [3.8, 4) is 0 Å². The van der Waals surface area contributed by atoms with Gasteiger partial charge >= 0.3 is 29.8 Å². The van der Waals surface area contributed by atoms with Gasteiger partial charge in [0.15, 0.2) is 30.0 Å². The molecule has 13 nitrogen and oxygen atoms in total. The van der Waals surface area contributed by atoms with Crippen LogP contribution in [-0.4, -0.2) is 88.1 Å². The Hall–Kier alpha value is -2.77. The number of hydrogen-bond acceptors (Lipinski definition) is 13. The minimum Gasteiger partial charge on any atom is -0.458 e. The second-order valence-corrected chi connectivity index (χ2v) is 12.0. The van der Waals surface area contributed by atoms with Crippen LogP contribution in [0.15, 0.2) is 0 Å². The van der Waals surface area contributed by atoms with Crippen LogP contribution < -0.4 is 0 Å². The first-order valence-corrected chi connectivity index (χ1v) is 12.1. The van der Waals surface area contributed by atoms with E-state index in [-0.39, 0.29) is 0 Å². The van der Waals surface area contributed by atoms with Gasteiger partial charge in [0.2, 0.25) is 11.9 Å². The van der Waals surface area contributed by atoms with E-state index in [4.69, 9.17) is 28.4 Å². The summed E-state index contributed by atoms with van der Waals surface area (Å²) in [6, 6.07) is 0. The molecular weight excluding hydrogens is 496 g/mol. The molecule has 6 fully saturated rings. The van der Waals surface area contributed by atoms with Crippen molar-refractivity contribution in [3.63, 3.8) is 0 Å². The Morgan fingerprint density at radius 3 is 2.14 bits per heavy atom. The molecule has 202 valence electrons. The molecule has 0 unspecified atom stereocenters. The third kappa shape index (κ3) is 2.13. The molecule has 2 aliphatic carbocycles. The summed E-state index contributed by atoms with van der Waals surface area (Å²) in [5.41, 5.74) is -9.78. The molecule has 2 saturated carbocycles. The maximum absolute atomic E-state index is 13.9. The number of aliphatic hydroxyl groups is 2. The van der Waals surface area contributed by atoms with Gasteiger partial charge in [0.1, 0.15) is 11.5 Å². The molecule has 0 aromatic rings. The zero-order chi connectivity index (χ0) is 27.2. The van der Waals surface area contributed by atoms with Gasteiger partial charge in [0.25, 0.3) is 0 Å². The summed E-state index contributed by atoms with van der Waals surface area (Å²) in [5.74, 6) is -7.03. The van der Waals surface area contributed by atoms with Crippen LogP contribution in [0.25, 0.3) is 0 Å². The van der Waals surface area contributed by atoms with E-state index in [0.717, 1.165) is 13.8 Å². The zero-order valence-electron chi connectivity index (χ0n) is 21.0. The van der Waals surface area contributed by atoms with Crippen molar-refractivity contribution in [2.45, 2.75) is 89.6 Å². The van der Waals surface area contributed by atoms with Gasteiger partial charge in [-0.3, -0.25) is 14.4 Å². The maximum atomic E-state index is 13.9. The molecular formula is C24H28O13. The summed E-state index contributed by atoms with van der Waals surface area (Å²) in [4.78, 5) is 64.4. The minimum atomic E-state index is -2.48. The topological polar surface area (TPSA) is 181 Å². The lowest BCUT2D eigenvalue weighted by Crippen LogP contribution is -2.67. The molecule has 13 heteroatoms. The highest BCUT2D eigenvalue weighted by molar-refractivity contribution is 5.94. The zero-order valence-corrected chi connectivity index (χ0v) is 21.0. The number of ether oxygens (including phenoxy) is 6. The lowest BCUT2D eigenvalue weighted by Gasteiger charge is -2.47. The first-order valence-electron chi connectivity index (χ1n) is 12.1. The summed E-state index contributed by atoms with van der Waals surface area (Å²) < 4.78 is 34.5. The lowest BCUT2D eigenvalue weighted by molar-refractivity contribution is -0.240. The fourth-order valence-electron chi connectivity index (χ4n) is 8.84. The Labute approximate surface area is 210 Å². The van der Waals surface area contributed by atoms with Crippen LogP contribution >= 0.6 is 0 Å². The van der Waals surface area contributed by atoms with Crippen molar-refractivity contribution in [2.24, 2.45) is 28.1 Å². The Morgan fingerprint density at radius 2 is 1.57 bits per heavy atom. The predicted octanol–water partition coefficient (Wildman–Crippen LogP) is -1.26. The molecule has 2 spiro atoms. The van der Waals surface area contributed by atoms with Crippen molar-refractivity contribution in [3.05, 3.63) is 0 Å². The first kappa shape index (κ1) is 24.6. The van der Waals surface area contributed by atoms with Gasteiger partial charge in [-0.25, -0.2) is 9.59 Å². The molecule has 4 aliphatic heterocycles. The molecule has 37 heavy (non-hydrogen) atoms. The molecule has 0 radical (unpaired) electrons. The monoisotopic (exact) mass is 524 g/mol. The Bertz CT molecular complexity index is 1170. The van der Waals surface area contributed by atoms with Crippen molar-refractivity contribution in [2.75, 3.05) is 0 Å². The Morgan fingerprint density at radius 1 is 0.946 bits per heavy atom. The second-order valence-electron chi connectivity index (χ2n) is 12.0. The third-order valence-electron chi connectivity index (χ3n) is 9.49. The third-order valence-corrected chi connectivity index (χ3v) is 9.49. The molecule has 2 N–H and O–H groups in total. The molecule has 6 aliphatic rings. The number of rotatable bonds is 2. The second kappa shape index (κ2) is 6.62. The summed E-state index contributed by atoms with van der Waals surface area (Å²) in [5, 5.41) is 23.9. The SMILES string of the molecule is CC(=O)O[C@H]1[C@H]2OC(=O)[C@@]34O[C@@H]5OC(=O)[C@H](O)[C@]5([C@@H]1C(C)(C)C)[C@]23[C@H](OC(C)=O)[C@@H]1OC(=O)[C@@H](C)[C@@]14O. The van der Waals surface area contributed by atoms with Crippen LogP contribution in [0.1, 0.15) is 41.5 Å². The van der Waals surface area contributed by atoms with Crippen molar-refractivity contribution in [1.29, 1.82) is 0 Å². The molecule has 0 bridgehead atoms. The van der Waals surface area contributed by atoms with Gasteiger partial charge in [0.05, 0.1) is 11.3 Å². The van der Waals surface area contributed by atoms with Gasteiger partial charge in [-0.1, -0.05) is 20.8 Å². The standard InChI is InChI=1S/C24H28O13/c1-7-16(28)34-15-14(33-9(3)26)22-13-10(32-8(2)25)11(20(4,5)6)21(22)12(27)17(29)36-19(21)37-24(22,18(30)35-13)23(7,15)31/h7,10-15,19,27,31H,1-6H3/t7-,10-,11+,12+,13-,14-,15+,19+,21+,22-,23-,24-/m1/s1. The van der Waals surface area contributed by atoms with Gasteiger partial charge in [-0.2, -0.15) is 0 Å². The number of hydrogen-bond donors (Lipinski definition) is 2. The van der Waals surface area contributed by atoms with Crippen LogP contribution in [0.3, 0.4) is 0 Å². The number of aliphatic hydroxyl groups excluding tert-OH is 1. The smallest absolute Gasteiger partial charge is 0.343 e. The highest BCUT2D eigenvalue weighted by atomic mass is 16.8. The van der Waals surface area contributed by atoms with E-state index in [1.54, 1.807) is 20.8 Å². The molecule has 6 rings (SSSR count). The van der Waals surface area contributed by atoms with Crippen LogP contribution in [0, 0.1) is 28.1 Å². The fourth-order valence-corrected chi connectivity index (χ4v) is 8.84. The van der Waals surface area contributed by atoms with E-state index < -0.39 is 106 Å². The quantitative estimate of drug-likeness (QED) is 0.323. The first-order chi connectivity index (χ1) is 17.1. The van der Waals surface area contributed by atoms with Gasteiger partial charge in [-0.15, -0.1) is 0 Å². The molecule has 4 heterocycles. The number of fused-ring (bicyclic) bond motifs is 1. The van der Waals surface area contributed by atoms with E-state index >= 15 is 0 Å². The largest absolute Gasteiger partial charge is 0.458 e. The summed E-state index contributed by atoms with van der Waals surface area (Å²) >= 11 is 0. The van der Waals surface area contributed by atoms with Crippen LogP contribution in [0.4, 0.5) is 0 Å². The molecule has 12 atom stereocenters. The highest BCUT2D eigenvalue weighted by Crippen LogP contribution is 2.85.